The van der Waals surface area contributed by atoms with Crippen LogP contribution in [0.1, 0.15) is 59.8 Å². The number of carbonyl (C=O) groups excluding carboxylic acids is 2. The molecule has 0 aromatic heterocycles. The standard InChI is InChI=1S/C22H38BN3O5/c1-5-6-18(25-20(28)15(24)13-19(27)26-7-9-29-10-8-26)23-30-17-12-14-11-16(21(14,2)3)22(17,4)31-23/h14-18H,5-13,24H2,1-4H3,(H,25,28)/t14-,15+,16-,17?,18-,22-/m0/s1. The summed E-state index contributed by atoms with van der Waals surface area (Å²) in [6, 6.07) is -0.888. The molecular formula is C22H38BN3O5. The summed E-state index contributed by atoms with van der Waals surface area (Å²) in [6.07, 6.45) is 3.89. The first-order valence-electron chi connectivity index (χ1n) is 11.9. The number of hydrogen-bond acceptors (Lipinski definition) is 6. The highest BCUT2D eigenvalue weighted by molar-refractivity contribution is 6.47. The van der Waals surface area contributed by atoms with Crippen LogP contribution in [0.15, 0.2) is 0 Å². The van der Waals surface area contributed by atoms with E-state index in [1.807, 2.05) is 0 Å². The van der Waals surface area contributed by atoms with Gasteiger partial charge in [-0.2, -0.15) is 0 Å². The molecule has 2 bridgehead atoms. The van der Waals surface area contributed by atoms with Gasteiger partial charge in [-0.05, 0) is 43.4 Å². The van der Waals surface area contributed by atoms with Crippen LogP contribution >= 0.6 is 0 Å². The lowest BCUT2D eigenvalue weighted by Gasteiger charge is -2.64. The summed E-state index contributed by atoms with van der Waals surface area (Å²) in [5.41, 5.74) is 6.06. The van der Waals surface area contributed by atoms with Crippen LogP contribution in [0.2, 0.25) is 0 Å². The number of amides is 2. The van der Waals surface area contributed by atoms with E-state index in [2.05, 4.69) is 33.0 Å². The van der Waals surface area contributed by atoms with Gasteiger partial charge < -0.3 is 30.0 Å². The monoisotopic (exact) mass is 435 g/mol. The highest BCUT2D eigenvalue weighted by Gasteiger charge is 2.68. The molecule has 0 spiro atoms. The number of ether oxygens (including phenoxy) is 1. The summed E-state index contributed by atoms with van der Waals surface area (Å²) in [6.45, 7) is 11.1. The van der Waals surface area contributed by atoms with Gasteiger partial charge in [0.25, 0.3) is 0 Å². The van der Waals surface area contributed by atoms with E-state index in [1.54, 1.807) is 4.90 Å². The van der Waals surface area contributed by atoms with Crippen molar-refractivity contribution in [3.63, 3.8) is 0 Å². The molecule has 2 amide bonds. The average Bonchev–Trinajstić information content (AvgIpc) is 3.10. The third-order valence-electron chi connectivity index (χ3n) is 8.32. The Morgan fingerprint density at radius 2 is 1.94 bits per heavy atom. The van der Waals surface area contributed by atoms with Crippen LogP contribution in [0, 0.1) is 17.3 Å². The molecule has 0 aromatic rings. The molecule has 6 atom stereocenters. The fourth-order valence-electron chi connectivity index (χ4n) is 6.17. The minimum atomic E-state index is -0.888. The largest absolute Gasteiger partial charge is 0.481 e. The molecular weight excluding hydrogens is 397 g/mol. The first-order valence-corrected chi connectivity index (χ1v) is 11.9. The summed E-state index contributed by atoms with van der Waals surface area (Å²) in [5.74, 6) is 0.450. The third kappa shape index (κ3) is 4.14. The Morgan fingerprint density at radius 3 is 2.58 bits per heavy atom. The van der Waals surface area contributed by atoms with Crippen LogP contribution in [0.3, 0.4) is 0 Å². The number of nitrogens with zero attached hydrogens (tertiary/aromatic N) is 1. The fraction of sp³-hybridized carbons (Fsp3) is 0.909. The van der Waals surface area contributed by atoms with E-state index in [9.17, 15) is 9.59 Å². The van der Waals surface area contributed by atoms with Gasteiger partial charge in [-0.15, -0.1) is 0 Å². The van der Waals surface area contributed by atoms with Gasteiger partial charge in [0.2, 0.25) is 11.8 Å². The third-order valence-corrected chi connectivity index (χ3v) is 8.32. The normalized spacial score (nSPS) is 35.7. The predicted molar refractivity (Wildman–Crippen MR) is 117 cm³/mol. The molecule has 1 unspecified atom stereocenters. The van der Waals surface area contributed by atoms with Crippen LogP contribution in [0.4, 0.5) is 0 Å². The molecule has 8 nitrogen and oxygen atoms in total. The summed E-state index contributed by atoms with van der Waals surface area (Å²) >= 11 is 0. The van der Waals surface area contributed by atoms with Gasteiger partial charge in [0, 0.05) is 13.1 Å². The highest BCUT2D eigenvalue weighted by atomic mass is 16.7. The molecule has 0 radical (unpaired) electrons. The maximum atomic E-state index is 12.8. The Labute approximate surface area is 186 Å². The number of nitrogens with one attached hydrogen (secondary N) is 1. The Morgan fingerprint density at radius 1 is 1.23 bits per heavy atom. The molecule has 5 fully saturated rings. The predicted octanol–water partition coefficient (Wildman–Crippen LogP) is 1.12. The lowest BCUT2D eigenvalue weighted by Crippen LogP contribution is -2.65. The minimum Gasteiger partial charge on any atom is -0.404 e. The number of hydrogen-bond donors (Lipinski definition) is 2. The van der Waals surface area contributed by atoms with Gasteiger partial charge in [0.1, 0.15) is 0 Å². The molecule has 31 heavy (non-hydrogen) atoms. The molecule has 9 heteroatoms. The zero-order chi connectivity index (χ0) is 22.4. The molecule has 5 rings (SSSR count). The van der Waals surface area contributed by atoms with E-state index < -0.39 is 13.2 Å². The number of carbonyl (C=O) groups is 2. The fourth-order valence-corrected chi connectivity index (χ4v) is 6.17. The second-order valence-electron chi connectivity index (χ2n) is 10.5. The second kappa shape index (κ2) is 8.65. The first kappa shape index (κ1) is 23.0. The minimum absolute atomic E-state index is 0.00462. The lowest BCUT2D eigenvalue weighted by molar-refractivity contribution is -0.199. The number of nitrogens with two attached hydrogens (primary N) is 1. The maximum absolute atomic E-state index is 12.8. The Kier molecular flexibility index (Phi) is 6.42. The van der Waals surface area contributed by atoms with Gasteiger partial charge in [-0.25, -0.2) is 0 Å². The number of morpholine rings is 1. The Balaban J connectivity index is 1.36. The molecule has 0 aromatic carbocycles. The van der Waals surface area contributed by atoms with E-state index >= 15 is 0 Å². The maximum Gasteiger partial charge on any atom is 0.481 e. The van der Waals surface area contributed by atoms with Gasteiger partial charge in [-0.3, -0.25) is 9.59 Å². The van der Waals surface area contributed by atoms with Crippen molar-refractivity contribution < 1.29 is 23.6 Å². The van der Waals surface area contributed by atoms with Crippen molar-refractivity contribution in [2.75, 3.05) is 26.3 Å². The Hall–Kier alpha value is -1.16. The Bertz CT molecular complexity index is 701. The van der Waals surface area contributed by atoms with E-state index in [1.165, 1.54) is 6.42 Å². The van der Waals surface area contributed by atoms with Crippen molar-refractivity contribution in [1.29, 1.82) is 0 Å². The summed E-state index contributed by atoms with van der Waals surface area (Å²) in [4.78, 5) is 27.0. The molecule has 2 saturated heterocycles. The summed E-state index contributed by atoms with van der Waals surface area (Å²) < 4.78 is 18.2. The average molecular weight is 435 g/mol. The topological polar surface area (TPSA) is 103 Å². The van der Waals surface area contributed by atoms with Gasteiger partial charge >= 0.3 is 7.12 Å². The quantitative estimate of drug-likeness (QED) is 0.581. The zero-order valence-electron chi connectivity index (χ0n) is 19.4. The van der Waals surface area contributed by atoms with Crippen LogP contribution in [0.25, 0.3) is 0 Å². The van der Waals surface area contributed by atoms with E-state index in [-0.39, 0.29) is 41.3 Å². The molecule has 174 valence electrons. The van der Waals surface area contributed by atoms with Crippen molar-refractivity contribution in [2.24, 2.45) is 23.0 Å². The number of rotatable bonds is 7. The van der Waals surface area contributed by atoms with Crippen molar-refractivity contribution in [3.05, 3.63) is 0 Å². The zero-order valence-corrected chi connectivity index (χ0v) is 19.4. The smallest absolute Gasteiger partial charge is 0.404 e. The van der Waals surface area contributed by atoms with Crippen molar-refractivity contribution in [2.45, 2.75) is 83.5 Å². The lowest BCUT2D eigenvalue weighted by atomic mass is 9.43. The van der Waals surface area contributed by atoms with Crippen molar-refractivity contribution in [3.8, 4) is 0 Å². The van der Waals surface area contributed by atoms with Crippen LogP contribution in [-0.2, 0) is 23.6 Å². The summed E-state index contributed by atoms with van der Waals surface area (Å²) in [5, 5.41) is 3.03. The molecule has 3 aliphatic carbocycles. The van der Waals surface area contributed by atoms with Crippen LogP contribution < -0.4 is 11.1 Å². The molecule has 3 N–H and O–H groups in total. The van der Waals surface area contributed by atoms with E-state index in [4.69, 9.17) is 19.8 Å². The van der Waals surface area contributed by atoms with Gasteiger partial charge in [0.05, 0.1) is 43.3 Å². The SMILES string of the molecule is CCC[C@H](NC(=O)[C@H](N)CC(=O)N1CCOCC1)B1OC2C[C@@H]3C[C@@H](C3(C)C)[C@]2(C)O1. The van der Waals surface area contributed by atoms with E-state index in [0.29, 0.717) is 38.1 Å². The molecule has 2 heterocycles. The second-order valence-corrected chi connectivity index (χ2v) is 10.5. The van der Waals surface area contributed by atoms with E-state index in [0.717, 1.165) is 19.3 Å². The van der Waals surface area contributed by atoms with Crippen LogP contribution in [0.5, 0.6) is 0 Å². The highest BCUT2D eigenvalue weighted by Crippen LogP contribution is 2.65. The van der Waals surface area contributed by atoms with Gasteiger partial charge in [0.15, 0.2) is 0 Å². The van der Waals surface area contributed by atoms with Crippen molar-refractivity contribution in [1.82, 2.24) is 10.2 Å². The molecule has 5 aliphatic rings. The first-order chi connectivity index (χ1) is 14.7. The summed E-state index contributed by atoms with van der Waals surface area (Å²) in [7, 11) is -0.476. The molecule has 2 aliphatic heterocycles. The van der Waals surface area contributed by atoms with Crippen molar-refractivity contribution >= 4 is 18.9 Å². The van der Waals surface area contributed by atoms with Crippen LogP contribution in [-0.4, -0.2) is 73.8 Å². The molecule has 3 saturated carbocycles. The van der Waals surface area contributed by atoms with Gasteiger partial charge in [-0.1, -0.05) is 27.2 Å².